The quantitative estimate of drug-likeness (QED) is 0.860. The summed E-state index contributed by atoms with van der Waals surface area (Å²) in [6, 6.07) is 4.14. The van der Waals surface area contributed by atoms with Crippen molar-refractivity contribution in [3.63, 3.8) is 0 Å². The van der Waals surface area contributed by atoms with Crippen LogP contribution in [0.15, 0.2) is 18.3 Å². The van der Waals surface area contributed by atoms with Crippen LogP contribution >= 0.6 is 0 Å². The van der Waals surface area contributed by atoms with Crippen LogP contribution in [0.3, 0.4) is 0 Å². The summed E-state index contributed by atoms with van der Waals surface area (Å²) < 4.78 is 5.71. The van der Waals surface area contributed by atoms with Gasteiger partial charge in [-0.15, -0.1) is 0 Å². The van der Waals surface area contributed by atoms with Crippen LogP contribution in [0.2, 0.25) is 0 Å². The van der Waals surface area contributed by atoms with Gasteiger partial charge in [0.25, 0.3) is 0 Å². The zero-order valence-corrected chi connectivity index (χ0v) is 11.1. The molecule has 4 heteroatoms. The van der Waals surface area contributed by atoms with Gasteiger partial charge < -0.3 is 10.5 Å². The summed E-state index contributed by atoms with van der Waals surface area (Å²) in [6.07, 6.45) is 4.67. The average molecular weight is 249 g/mol. The molecule has 1 aromatic rings. The Bertz CT molecular complexity index is 351. The van der Waals surface area contributed by atoms with Gasteiger partial charge in [0.2, 0.25) is 0 Å². The summed E-state index contributed by atoms with van der Waals surface area (Å²) in [6.45, 7) is 6.50. The Morgan fingerprint density at radius 2 is 2.39 bits per heavy atom. The molecule has 1 unspecified atom stereocenters. The van der Waals surface area contributed by atoms with Crippen LogP contribution in [-0.4, -0.2) is 35.7 Å². The van der Waals surface area contributed by atoms with E-state index in [2.05, 4.69) is 28.9 Å². The third-order valence-electron chi connectivity index (χ3n) is 3.37. The molecule has 0 spiro atoms. The molecule has 1 aliphatic rings. The largest absolute Gasteiger partial charge is 0.377 e. The number of piperidine rings is 1. The molecular formula is C14H23N3O. The van der Waals surface area contributed by atoms with E-state index in [1.165, 1.54) is 12.8 Å². The van der Waals surface area contributed by atoms with Crippen molar-refractivity contribution in [1.82, 2.24) is 9.88 Å². The van der Waals surface area contributed by atoms with E-state index >= 15 is 0 Å². The lowest BCUT2D eigenvalue weighted by Crippen LogP contribution is -2.39. The molecule has 1 atom stereocenters. The van der Waals surface area contributed by atoms with Gasteiger partial charge in [0, 0.05) is 32.4 Å². The highest BCUT2D eigenvalue weighted by atomic mass is 16.5. The molecule has 2 N–H and O–H groups in total. The van der Waals surface area contributed by atoms with Crippen LogP contribution in [0.25, 0.3) is 0 Å². The molecule has 0 aliphatic carbocycles. The van der Waals surface area contributed by atoms with Gasteiger partial charge >= 0.3 is 0 Å². The molecule has 1 aliphatic heterocycles. The van der Waals surface area contributed by atoms with Crippen molar-refractivity contribution in [3.05, 3.63) is 29.6 Å². The molecule has 1 saturated heterocycles. The second kappa shape index (κ2) is 6.83. The lowest BCUT2D eigenvalue weighted by molar-refractivity contribution is 0.00331. The number of likely N-dealkylation sites (tertiary alicyclic amines) is 1. The summed E-state index contributed by atoms with van der Waals surface area (Å²) in [4.78, 5) is 6.88. The van der Waals surface area contributed by atoms with Crippen molar-refractivity contribution in [2.24, 2.45) is 5.73 Å². The van der Waals surface area contributed by atoms with Gasteiger partial charge in [-0.1, -0.05) is 6.07 Å². The molecule has 100 valence electrons. The number of ether oxygens (including phenoxy) is 1. The van der Waals surface area contributed by atoms with E-state index in [-0.39, 0.29) is 0 Å². The SMILES string of the molecule is CCOC1CCCN(Cc2ccc(CN)cn2)C1. The molecule has 0 amide bonds. The Kier molecular flexibility index (Phi) is 5.11. The fourth-order valence-electron chi connectivity index (χ4n) is 2.43. The van der Waals surface area contributed by atoms with Crippen LogP contribution in [0.1, 0.15) is 31.0 Å². The van der Waals surface area contributed by atoms with Crippen LogP contribution in [0.5, 0.6) is 0 Å². The minimum Gasteiger partial charge on any atom is -0.377 e. The van der Waals surface area contributed by atoms with E-state index in [0.29, 0.717) is 12.6 Å². The van der Waals surface area contributed by atoms with E-state index in [9.17, 15) is 0 Å². The summed E-state index contributed by atoms with van der Waals surface area (Å²) in [5.74, 6) is 0. The minimum atomic E-state index is 0.395. The average Bonchev–Trinajstić information content (AvgIpc) is 2.40. The Hall–Kier alpha value is -0.970. The Morgan fingerprint density at radius 1 is 1.50 bits per heavy atom. The van der Waals surface area contributed by atoms with Crippen LogP contribution in [-0.2, 0) is 17.8 Å². The second-order valence-electron chi connectivity index (χ2n) is 4.82. The first-order chi connectivity index (χ1) is 8.81. The summed E-state index contributed by atoms with van der Waals surface area (Å²) >= 11 is 0. The molecule has 0 aromatic carbocycles. The standard InChI is InChI=1S/C14H23N3O/c1-2-18-14-4-3-7-17(11-14)10-13-6-5-12(8-15)9-16-13/h5-6,9,14H,2-4,7-8,10-11,15H2,1H3. The maximum absolute atomic E-state index is 5.71. The number of nitrogens with two attached hydrogens (primary N) is 1. The molecule has 2 heterocycles. The maximum Gasteiger partial charge on any atom is 0.0702 e. The number of rotatable bonds is 5. The molecule has 1 fully saturated rings. The molecule has 2 rings (SSSR count). The molecule has 0 saturated carbocycles. The first-order valence-electron chi connectivity index (χ1n) is 6.79. The van der Waals surface area contributed by atoms with Gasteiger partial charge in [0.1, 0.15) is 0 Å². The van der Waals surface area contributed by atoms with E-state index in [1.807, 2.05) is 6.20 Å². The number of pyridine rings is 1. The smallest absolute Gasteiger partial charge is 0.0702 e. The predicted octanol–water partition coefficient (Wildman–Crippen LogP) is 1.54. The summed E-state index contributed by atoms with van der Waals surface area (Å²) in [5, 5.41) is 0. The number of hydrogen-bond donors (Lipinski definition) is 1. The lowest BCUT2D eigenvalue weighted by Gasteiger charge is -2.32. The Balaban J connectivity index is 1.87. The minimum absolute atomic E-state index is 0.395. The first kappa shape index (κ1) is 13.5. The highest BCUT2D eigenvalue weighted by Crippen LogP contribution is 2.15. The van der Waals surface area contributed by atoms with Crippen molar-refractivity contribution in [2.45, 2.75) is 39.0 Å². The highest BCUT2D eigenvalue weighted by Gasteiger charge is 2.20. The van der Waals surface area contributed by atoms with Gasteiger partial charge in [-0.3, -0.25) is 9.88 Å². The Morgan fingerprint density at radius 3 is 3.06 bits per heavy atom. The maximum atomic E-state index is 5.71. The van der Waals surface area contributed by atoms with Crippen molar-refractivity contribution in [3.8, 4) is 0 Å². The number of aromatic nitrogens is 1. The summed E-state index contributed by atoms with van der Waals surface area (Å²) in [7, 11) is 0. The Labute approximate surface area is 109 Å². The van der Waals surface area contributed by atoms with Gasteiger partial charge in [-0.2, -0.15) is 0 Å². The molecule has 0 bridgehead atoms. The molecule has 4 nitrogen and oxygen atoms in total. The van der Waals surface area contributed by atoms with Gasteiger partial charge in [0.15, 0.2) is 0 Å². The van der Waals surface area contributed by atoms with E-state index in [1.54, 1.807) is 0 Å². The molecule has 0 radical (unpaired) electrons. The normalized spacial score (nSPS) is 21.1. The predicted molar refractivity (Wildman–Crippen MR) is 72.1 cm³/mol. The van der Waals surface area contributed by atoms with Crippen molar-refractivity contribution >= 4 is 0 Å². The van der Waals surface area contributed by atoms with Gasteiger partial charge in [0.05, 0.1) is 11.8 Å². The van der Waals surface area contributed by atoms with Crippen LogP contribution in [0, 0.1) is 0 Å². The third kappa shape index (κ3) is 3.77. The van der Waals surface area contributed by atoms with Crippen LogP contribution in [0.4, 0.5) is 0 Å². The number of hydrogen-bond acceptors (Lipinski definition) is 4. The lowest BCUT2D eigenvalue weighted by atomic mass is 10.1. The monoisotopic (exact) mass is 249 g/mol. The van der Waals surface area contributed by atoms with E-state index < -0.39 is 0 Å². The van der Waals surface area contributed by atoms with E-state index in [4.69, 9.17) is 10.5 Å². The first-order valence-corrected chi connectivity index (χ1v) is 6.79. The number of nitrogens with zero attached hydrogens (tertiary/aromatic N) is 2. The topological polar surface area (TPSA) is 51.4 Å². The van der Waals surface area contributed by atoms with Gasteiger partial charge in [-0.05, 0) is 37.9 Å². The van der Waals surface area contributed by atoms with Gasteiger partial charge in [-0.25, -0.2) is 0 Å². The van der Waals surface area contributed by atoms with Crippen molar-refractivity contribution < 1.29 is 4.74 Å². The second-order valence-corrected chi connectivity index (χ2v) is 4.82. The molecular weight excluding hydrogens is 226 g/mol. The van der Waals surface area contributed by atoms with Crippen molar-refractivity contribution in [1.29, 1.82) is 0 Å². The van der Waals surface area contributed by atoms with Crippen LogP contribution < -0.4 is 5.73 Å². The van der Waals surface area contributed by atoms with E-state index in [0.717, 1.165) is 37.5 Å². The fourth-order valence-corrected chi connectivity index (χ4v) is 2.43. The summed E-state index contributed by atoms with van der Waals surface area (Å²) in [5.41, 5.74) is 7.77. The fraction of sp³-hybridized carbons (Fsp3) is 0.643. The molecule has 1 aromatic heterocycles. The zero-order valence-electron chi connectivity index (χ0n) is 11.1. The third-order valence-corrected chi connectivity index (χ3v) is 3.37. The molecule has 18 heavy (non-hydrogen) atoms. The van der Waals surface area contributed by atoms with Crippen molar-refractivity contribution in [2.75, 3.05) is 19.7 Å². The highest BCUT2D eigenvalue weighted by molar-refractivity contribution is 5.13. The zero-order chi connectivity index (χ0) is 12.8.